The van der Waals surface area contributed by atoms with E-state index >= 15 is 0 Å². The maximum Gasteiger partial charge on any atom is 0.293 e. The molecule has 0 spiro atoms. The third-order valence-corrected chi connectivity index (χ3v) is 7.23. The number of hydrogen-bond donors (Lipinski definition) is 1. The number of hydrogen-bond acceptors (Lipinski definition) is 4. The Bertz CT molecular complexity index is 765. The van der Waals surface area contributed by atoms with Crippen LogP contribution >= 0.6 is 0 Å². The molecule has 1 N–H and O–H groups in total. The lowest BCUT2D eigenvalue weighted by molar-refractivity contribution is -0.384. The molecule has 5 atom stereocenters. The van der Waals surface area contributed by atoms with E-state index in [4.69, 9.17) is 0 Å². The van der Waals surface area contributed by atoms with Gasteiger partial charge in [0.05, 0.1) is 4.92 Å². The number of nitro benzene ring substituents is 1. The molecule has 1 aromatic carbocycles. The number of piperidine rings is 1. The van der Waals surface area contributed by atoms with E-state index in [0.29, 0.717) is 23.1 Å². The van der Waals surface area contributed by atoms with E-state index in [-0.39, 0.29) is 22.6 Å². The van der Waals surface area contributed by atoms with Gasteiger partial charge in [-0.1, -0.05) is 13.3 Å². The Labute approximate surface area is 166 Å². The first-order valence-electron chi connectivity index (χ1n) is 10.8. The van der Waals surface area contributed by atoms with Gasteiger partial charge < -0.3 is 10.2 Å². The van der Waals surface area contributed by atoms with Gasteiger partial charge in [0.1, 0.15) is 5.69 Å². The van der Waals surface area contributed by atoms with E-state index in [0.717, 1.165) is 37.8 Å². The molecule has 0 unspecified atom stereocenters. The second-order valence-corrected chi connectivity index (χ2v) is 9.25. The third-order valence-electron chi connectivity index (χ3n) is 7.23. The van der Waals surface area contributed by atoms with Crippen molar-refractivity contribution in [3.05, 3.63) is 33.9 Å². The quantitative estimate of drug-likeness (QED) is 0.603. The summed E-state index contributed by atoms with van der Waals surface area (Å²) in [5.41, 5.74) is 1.05. The minimum atomic E-state index is -0.356. The predicted octanol–water partition coefficient (Wildman–Crippen LogP) is 4.39. The Morgan fingerprint density at radius 3 is 2.75 bits per heavy atom. The summed E-state index contributed by atoms with van der Waals surface area (Å²) < 4.78 is 0. The number of amides is 1. The Morgan fingerprint density at radius 1 is 1.29 bits per heavy atom. The molecule has 1 aromatic rings. The van der Waals surface area contributed by atoms with Crippen molar-refractivity contribution in [1.82, 2.24) is 5.32 Å². The Morgan fingerprint density at radius 2 is 2.11 bits per heavy atom. The van der Waals surface area contributed by atoms with E-state index < -0.39 is 0 Å². The second kappa shape index (κ2) is 7.72. The van der Waals surface area contributed by atoms with Crippen LogP contribution in [0.5, 0.6) is 0 Å². The van der Waals surface area contributed by atoms with E-state index in [1.807, 2.05) is 0 Å². The number of carbonyl (C=O) groups excluding carboxylic acids is 1. The largest absolute Gasteiger partial charge is 0.366 e. The predicted molar refractivity (Wildman–Crippen MR) is 110 cm³/mol. The minimum Gasteiger partial charge on any atom is -0.366 e. The van der Waals surface area contributed by atoms with Gasteiger partial charge in [0.15, 0.2) is 0 Å². The zero-order valence-corrected chi connectivity index (χ0v) is 16.9. The molecule has 1 heterocycles. The van der Waals surface area contributed by atoms with Crippen molar-refractivity contribution in [3.8, 4) is 0 Å². The Balaban J connectivity index is 1.49. The summed E-state index contributed by atoms with van der Waals surface area (Å²) in [6.07, 6.45) is 7.33. The topological polar surface area (TPSA) is 75.5 Å². The van der Waals surface area contributed by atoms with Crippen LogP contribution in [0.3, 0.4) is 0 Å². The molecule has 28 heavy (non-hydrogen) atoms. The van der Waals surface area contributed by atoms with Gasteiger partial charge in [-0.05, 0) is 74.8 Å². The average Bonchev–Trinajstić information content (AvgIpc) is 3.31. The van der Waals surface area contributed by atoms with Crippen molar-refractivity contribution in [2.75, 3.05) is 18.0 Å². The zero-order chi connectivity index (χ0) is 19.8. The number of nitrogens with zero attached hydrogens (tertiary/aromatic N) is 2. The highest BCUT2D eigenvalue weighted by Crippen LogP contribution is 2.49. The molecule has 2 aliphatic carbocycles. The summed E-state index contributed by atoms with van der Waals surface area (Å²) in [6.45, 7) is 5.92. The second-order valence-electron chi connectivity index (χ2n) is 9.25. The molecule has 3 fully saturated rings. The molecule has 6 nitrogen and oxygen atoms in total. The summed E-state index contributed by atoms with van der Waals surface area (Å²) in [4.78, 5) is 26.2. The van der Waals surface area contributed by atoms with Gasteiger partial charge in [0, 0.05) is 30.8 Å². The number of nitrogens with one attached hydrogen (secondary N) is 1. The van der Waals surface area contributed by atoms with Crippen molar-refractivity contribution >= 4 is 17.3 Å². The van der Waals surface area contributed by atoms with E-state index in [1.165, 1.54) is 31.7 Å². The maximum atomic E-state index is 12.8. The number of anilines is 1. The molecule has 3 aliphatic rings. The molecule has 4 rings (SSSR count). The number of fused-ring (bicyclic) bond motifs is 2. The molecule has 2 saturated carbocycles. The molecule has 0 aromatic heterocycles. The van der Waals surface area contributed by atoms with Gasteiger partial charge in [-0.25, -0.2) is 0 Å². The van der Waals surface area contributed by atoms with Crippen molar-refractivity contribution in [2.45, 2.75) is 58.4 Å². The molecule has 2 bridgehead atoms. The highest BCUT2D eigenvalue weighted by Gasteiger charge is 2.42. The van der Waals surface area contributed by atoms with Crippen LogP contribution in [0.1, 0.15) is 62.7 Å². The number of carbonyl (C=O) groups is 1. The van der Waals surface area contributed by atoms with Crippen LogP contribution < -0.4 is 10.2 Å². The van der Waals surface area contributed by atoms with Gasteiger partial charge >= 0.3 is 0 Å². The first kappa shape index (κ1) is 19.2. The van der Waals surface area contributed by atoms with Gasteiger partial charge in [-0.15, -0.1) is 0 Å². The molecule has 0 radical (unpaired) electrons. The summed E-state index contributed by atoms with van der Waals surface area (Å²) in [6, 6.07) is 5.07. The molecular formula is C22H31N3O3. The van der Waals surface area contributed by atoms with E-state index in [9.17, 15) is 14.9 Å². The number of rotatable bonds is 5. The fourth-order valence-corrected chi connectivity index (χ4v) is 5.79. The number of benzene rings is 1. The van der Waals surface area contributed by atoms with E-state index in [1.54, 1.807) is 12.1 Å². The van der Waals surface area contributed by atoms with Gasteiger partial charge in [-0.3, -0.25) is 14.9 Å². The van der Waals surface area contributed by atoms with Gasteiger partial charge in [-0.2, -0.15) is 0 Å². The van der Waals surface area contributed by atoms with Gasteiger partial charge in [0.25, 0.3) is 11.6 Å². The molecule has 1 amide bonds. The fourth-order valence-electron chi connectivity index (χ4n) is 5.79. The van der Waals surface area contributed by atoms with Crippen molar-refractivity contribution in [1.29, 1.82) is 0 Å². The lowest BCUT2D eigenvalue weighted by atomic mass is 9.84. The van der Waals surface area contributed by atoms with Crippen molar-refractivity contribution < 1.29 is 9.72 Å². The summed E-state index contributed by atoms with van der Waals surface area (Å²) >= 11 is 0. The summed E-state index contributed by atoms with van der Waals surface area (Å²) in [5, 5.41) is 14.8. The monoisotopic (exact) mass is 385 g/mol. The van der Waals surface area contributed by atoms with Crippen LogP contribution in [0.2, 0.25) is 0 Å². The van der Waals surface area contributed by atoms with Crippen LogP contribution in [0.15, 0.2) is 18.2 Å². The van der Waals surface area contributed by atoms with Crippen LogP contribution in [-0.2, 0) is 0 Å². The standard InChI is InChI=1S/C22H31N3O3/c1-14-4-3-9-24(13-14)20-8-7-18(12-21(20)25(27)28)22(26)23-15(2)19-11-16-5-6-17(19)10-16/h7-8,12,14-17,19H,3-6,9-11,13H2,1-2H3,(H,23,26)/t14-,15-,16-,17-,19+/m1/s1. The van der Waals surface area contributed by atoms with Crippen molar-refractivity contribution in [2.24, 2.45) is 23.7 Å². The Hall–Kier alpha value is -2.11. The first-order valence-corrected chi connectivity index (χ1v) is 10.8. The number of nitro groups is 1. The normalized spacial score (nSPS) is 30.3. The lowest BCUT2D eigenvalue weighted by Gasteiger charge is -2.32. The third kappa shape index (κ3) is 3.74. The molecule has 6 heteroatoms. The highest BCUT2D eigenvalue weighted by atomic mass is 16.6. The first-order chi connectivity index (χ1) is 13.4. The molecular weight excluding hydrogens is 354 g/mol. The Kier molecular flexibility index (Phi) is 5.30. The fraction of sp³-hybridized carbons (Fsp3) is 0.682. The summed E-state index contributed by atoms with van der Waals surface area (Å²) in [5.74, 6) is 2.45. The maximum absolute atomic E-state index is 12.8. The molecule has 1 saturated heterocycles. The minimum absolute atomic E-state index is 0.0364. The van der Waals surface area contributed by atoms with Gasteiger partial charge in [0.2, 0.25) is 0 Å². The van der Waals surface area contributed by atoms with Crippen molar-refractivity contribution in [3.63, 3.8) is 0 Å². The summed E-state index contributed by atoms with van der Waals surface area (Å²) in [7, 11) is 0. The van der Waals surface area contributed by atoms with E-state index in [2.05, 4.69) is 24.1 Å². The lowest BCUT2D eigenvalue weighted by Crippen LogP contribution is -2.40. The molecule has 152 valence electrons. The van der Waals surface area contributed by atoms with Crippen LogP contribution in [0, 0.1) is 33.8 Å². The molecule has 1 aliphatic heterocycles. The smallest absolute Gasteiger partial charge is 0.293 e. The zero-order valence-electron chi connectivity index (χ0n) is 16.9. The van der Waals surface area contributed by atoms with Crippen LogP contribution in [0.4, 0.5) is 11.4 Å². The highest BCUT2D eigenvalue weighted by molar-refractivity contribution is 5.96. The SMILES string of the molecule is C[C@@H]1CCCN(c2ccc(C(=O)N[C@H](C)[C@@H]3C[C@@H]4CC[C@@H]3C4)cc2[N+](=O)[O-])C1. The van der Waals surface area contributed by atoms with Crippen LogP contribution in [-0.4, -0.2) is 30.0 Å². The van der Waals surface area contributed by atoms with Crippen LogP contribution in [0.25, 0.3) is 0 Å². The average molecular weight is 386 g/mol.